The largest absolute Gasteiger partial charge is 0.496 e. The molecule has 3 rings (SSSR count). The summed E-state index contributed by atoms with van der Waals surface area (Å²) in [5.74, 6) is 0.0340. The average molecular weight is 453 g/mol. The molecule has 32 heavy (non-hydrogen) atoms. The molecule has 0 saturated carbocycles. The topological polar surface area (TPSA) is 102 Å². The first-order chi connectivity index (χ1) is 15.2. The smallest absolute Gasteiger partial charge is 0.255 e. The second-order valence-electron chi connectivity index (χ2n) is 7.32. The molecule has 2 N–H and O–H groups in total. The van der Waals surface area contributed by atoms with Crippen molar-refractivity contribution >= 4 is 33.0 Å². The van der Waals surface area contributed by atoms with Crippen molar-refractivity contribution in [1.29, 1.82) is 0 Å². The number of para-hydroxylation sites is 1. The van der Waals surface area contributed by atoms with Crippen LogP contribution in [0.5, 0.6) is 5.75 Å². The number of carbonyl (C=O) groups excluding carboxylic acids is 2. The number of benzene rings is 3. The molecule has 0 aliphatic carbocycles. The van der Waals surface area contributed by atoms with Gasteiger partial charge >= 0.3 is 0 Å². The van der Waals surface area contributed by atoms with Crippen molar-refractivity contribution < 1.29 is 22.7 Å². The van der Waals surface area contributed by atoms with Gasteiger partial charge in [0.2, 0.25) is 5.91 Å². The van der Waals surface area contributed by atoms with E-state index in [1.807, 2.05) is 18.2 Å². The predicted octanol–water partition coefficient (Wildman–Crippen LogP) is 3.84. The van der Waals surface area contributed by atoms with Gasteiger partial charge < -0.3 is 15.4 Å². The number of amides is 2. The van der Waals surface area contributed by atoms with Crippen molar-refractivity contribution in [3.8, 4) is 5.75 Å². The number of carbonyl (C=O) groups is 2. The fourth-order valence-electron chi connectivity index (χ4n) is 3.17. The Labute approximate surface area is 187 Å². The fourth-order valence-corrected chi connectivity index (χ4v) is 3.84. The summed E-state index contributed by atoms with van der Waals surface area (Å²) < 4.78 is 28.7. The fraction of sp³-hybridized carbons (Fsp3) is 0.167. The van der Waals surface area contributed by atoms with Crippen LogP contribution in [-0.2, 0) is 21.1 Å². The molecule has 0 heterocycles. The van der Waals surface area contributed by atoms with Crippen molar-refractivity contribution in [2.75, 3.05) is 24.0 Å². The van der Waals surface area contributed by atoms with Crippen molar-refractivity contribution in [1.82, 2.24) is 0 Å². The number of sulfone groups is 1. The molecule has 2 amide bonds. The van der Waals surface area contributed by atoms with E-state index in [1.165, 1.54) is 18.2 Å². The van der Waals surface area contributed by atoms with Crippen LogP contribution in [0.4, 0.5) is 11.4 Å². The quantitative estimate of drug-likeness (QED) is 0.567. The van der Waals surface area contributed by atoms with Gasteiger partial charge in [0.25, 0.3) is 5.91 Å². The van der Waals surface area contributed by atoms with Crippen LogP contribution in [0.1, 0.15) is 21.5 Å². The second-order valence-corrected chi connectivity index (χ2v) is 9.34. The maximum absolute atomic E-state index is 12.6. The lowest BCUT2D eigenvalue weighted by Crippen LogP contribution is -2.16. The van der Waals surface area contributed by atoms with Gasteiger partial charge in [0.05, 0.1) is 18.4 Å². The Kier molecular flexibility index (Phi) is 6.95. The Bertz CT molecular complexity index is 1270. The van der Waals surface area contributed by atoms with Crippen LogP contribution >= 0.6 is 0 Å². The molecule has 0 spiro atoms. The Morgan fingerprint density at radius 1 is 0.938 bits per heavy atom. The summed E-state index contributed by atoms with van der Waals surface area (Å²) >= 11 is 0. The molecule has 0 radical (unpaired) electrons. The lowest BCUT2D eigenvalue weighted by atomic mass is 10.1. The molecule has 3 aromatic rings. The minimum Gasteiger partial charge on any atom is -0.496 e. The van der Waals surface area contributed by atoms with Gasteiger partial charge in [0.15, 0.2) is 9.84 Å². The van der Waals surface area contributed by atoms with E-state index in [1.54, 1.807) is 44.4 Å². The summed E-state index contributed by atoms with van der Waals surface area (Å²) in [4.78, 5) is 25.1. The van der Waals surface area contributed by atoms with Gasteiger partial charge in [-0.2, -0.15) is 0 Å². The number of nitrogens with one attached hydrogen (secondary N) is 2. The van der Waals surface area contributed by atoms with E-state index in [0.29, 0.717) is 17.1 Å². The summed E-state index contributed by atoms with van der Waals surface area (Å²) in [7, 11) is -1.85. The summed E-state index contributed by atoms with van der Waals surface area (Å²) in [6, 6.07) is 18.3. The molecule has 166 valence electrons. The van der Waals surface area contributed by atoms with Crippen molar-refractivity contribution in [2.24, 2.45) is 0 Å². The minimum absolute atomic E-state index is 0.0787. The van der Waals surface area contributed by atoms with Gasteiger partial charge in [0, 0.05) is 28.8 Å². The Hall–Kier alpha value is -3.65. The number of hydrogen-bond acceptors (Lipinski definition) is 5. The maximum Gasteiger partial charge on any atom is 0.255 e. The number of rotatable bonds is 7. The van der Waals surface area contributed by atoms with Gasteiger partial charge in [-0.15, -0.1) is 0 Å². The molecule has 0 aliphatic heterocycles. The zero-order valence-electron chi connectivity index (χ0n) is 18.0. The molecule has 0 unspecified atom stereocenters. The highest BCUT2D eigenvalue weighted by molar-refractivity contribution is 7.90. The third-order valence-corrected chi connectivity index (χ3v) is 5.94. The Morgan fingerprint density at radius 3 is 2.38 bits per heavy atom. The van der Waals surface area contributed by atoms with Gasteiger partial charge in [0.1, 0.15) is 5.75 Å². The number of hydrogen-bond donors (Lipinski definition) is 2. The molecule has 0 aliphatic rings. The first-order valence-electron chi connectivity index (χ1n) is 9.81. The summed E-state index contributed by atoms with van der Waals surface area (Å²) in [5, 5.41) is 5.62. The molecule has 7 nitrogen and oxygen atoms in total. The minimum atomic E-state index is -3.41. The zero-order valence-corrected chi connectivity index (χ0v) is 18.8. The maximum atomic E-state index is 12.6. The highest BCUT2D eigenvalue weighted by Crippen LogP contribution is 2.22. The number of methoxy groups -OCH3 is 1. The third-order valence-electron chi connectivity index (χ3n) is 4.83. The Balaban J connectivity index is 1.69. The second kappa shape index (κ2) is 9.65. The third kappa shape index (κ3) is 5.73. The molecule has 3 aromatic carbocycles. The standard InChI is InChI=1S/C24H24N2O5S/c1-16-13-19(25-23(27)15-17-7-4-5-10-22(17)31-2)11-12-21(16)26-24(28)18-8-6-9-20(14-18)32(3,29)30/h4-14H,15H2,1-3H3,(H,25,27)(H,26,28). The lowest BCUT2D eigenvalue weighted by molar-refractivity contribution is -0.115. The van der Waals surface area contributed by atoms with Crippen LogP contribution in [-0.4, -0.2) is 33.6 Å². The van der Waals surface area contributed by atoms with Crippen molar-refractivity contribution in [3.63, 3.8) is 0 Å². The van der Waals surface area contributed by atoms with Crippen molar-refractivity contribution in [2.45, 2.75) is 18.2 Å². The van der Waals surface area contributed by atoms with Gasteiger partial charge in [-0.05, 0) is 55.0 Å². The van der Waals surface area contributed by atoms with Crippen LogP contribution in [0, 0.1) is 6.92 Å². The van der Waals surface area contributed by atoms with E-state index < -0.39 is 15.7 Å². The van der Waals surface area contributed by atoms with E-state index >= 15 is 0 Å². The first kappa shape index (κ1) is 23.0. The van der Waals surface area contributed by atoms with Gasteiger partial charge in [-0.25, -0.2) is 8.42 Å². The van der Waals surface area contributed by atoms with E-state index in [-0.39, 0.29) is 22.8 Å². The molecular formula is C24H24N2O5S. The van der Waals surface area contributed by atoms with E-state index in [9.17, 15) is 18.0 Å². The molecule has 0 bridgehead atoms. The summed E-state index contributed by atoms with van der Waals surface area (Å²) in [5.41, 5.74) is 2.92. The first-order valence-corrected chi connectivity index (χ1v) is 11.7. The molecule has 0 aromatic heterocycles. The highest BCUT2D eigenvalue weighted by Gasteiger charge is 2.14. The molecule has 0 saturated heterocycles. The predicted molar refractivity (Wildman–Crippen MR) is 124 cm³/mol. The van der Waals surface area contributed by atoms with E-state index in [2.05, 4.69) is 10.6 Å². The van der Waals surface area contributed by atoms with Gasteiger partial charge in [-0.1, -0.05) is 24.3 Å². The summed E-state index contributed by atoms with van der Waals surface area (Å²) in [6.07, 6.45) is 1.26. The van der Waals surface area contributed by atoms with Crippen LogP contribution in [0.2, 0.25) is 0 Å². The normalized spacial score (nSPS) is 11.0. The number of ether oxygens (including phenoxy) is 1. The van der Waals surface area contributed by atoms with E-state index in [0.717, 1.165) is 17.4 Å². The monoisotopic (exact) mass is 452 g/mol. The van der Waals surface area contributed by atoms with Crippen LogP contribution in [0.3, 0.4) is 0 Å². The number of aryl methyl sites for hydroxylation is 1. The highest BCUT2D eigenvalue weighted by atomic mass is 32.2. The average Bonchev–Trinajstić information content (AvgIpc) is 2.75. The molecular weight excluding hydrogens is 428 g/mol. The van der Waals surface area contributed by atoms with Crippen LogP contribution in [0.25, 0.3) is 0 Å². The lowest BCUT2D eigenvalue weighted by Gasteiger charge is -2.12. The molecule has 8 heteroatoms. The van der Waals surface area contributed by atoms with Crippen molar-refractivity contribution in [3.05, 3.63) is 83.4 Å². The zero-order chi connectivity index (χ0) is 23.3. The van der Waals surface area contributed by atoms with Crippen LogP contribution < -0.4 is 15.4 Å². The summed E-state index contributed by atoms with van der Waals surface area (Å²) in [6.45, 7) is 1.80. The van der Waals surface area contributed by atoms with Gasteiger partial charge in [-0.3, -0.25) is 9.59 Å². The number of anilines is 2. The molecule has 0 fully saturated rings. The Morgan fingerprint density at radius 2 is 1.69 bits per heavy atom. The van der Waals surface area contributed by atoms with Crippen LogP contribution in [0.15, 0.2) is 71.6 Å². The molecule has 0 atom stereocenters. The SMILES string of the molecule is COc1ccccc1CC(=O)Nc1ccc(NC(=O)c2cccc(S(C)(=O)=O)c2)c(C)c1. The van der Waals surface area contributed by atoms with E-state index in [4.69, 9.17) is 4.74 Å².